The van der Waals surface area contributed by atoms with Crippen molar-refractivity contribution in [2.75, 3.05) is 5.75 Å². The van der Waals surface area contributed by atoms with E-state index in [1.807, 2.05) is 28.7 Å². The highest BCUT2D eigenvalue weighted by Gasteiger charge is 2.28. The van der Waals surface area contributed by atoms with E-state index in [4.69, 9.17) is 0 Å². The number of benzene rings is 1. The Balaban J connectivity index is 1.44. The summed E-state index contributed by atoms with van der Waals surface area (Å²) in [5.74, 6) is 2.37. The van der Waals surface area contributed by atoms with Gasteiger partial charge in [-0.1, -0.05) is 50.6 Å². The minimum absolute atomic E-state index is 0.0801. The fourth-order valence-electron chi connectivity index (χ4n) is 3.70. The lowest BCUT2D eigenvalue weighted by molar-refractivity contribution is -0.120. The minimum atomic E-state index is 0.0801. The Morgan fingerprint density at radius 2 is 2.20 bits per heavy atom. The number of hydrogen-bond donors (Lipinski definition) is 2. The van der Waals surface area contributed by atoms with Crippen molar-refractivity contribution in [1.29, 1.82) is 0 Å². The highest BCUT2D eigenvalue weighted by Crippen LogP contribution is 2.29. The third kappa shape index (κ3) is 3.13. The maximum absolute atomic E-state index is 12.4. The number of nitrogens with zero attached hydrogens (tertiary/aromatic N) is 3. The average molecular weight is 357 g/mol. The van der Waals surface area contributed by atoms with Crippen molar-refractivity contribution in [2.45, 2.75) is 44.3 Å². The number of aromatic nitrogens is 4. The van der Waals surface area contributed by atoms with E-state index < -0.39 is 0 Å². The summed E-state index contributed by atoms with van der Waals surface area (Å²) < 4.78 is 1.97. The number of carbonyl (C=O) groups excluding carboxylic acids is 1. The number of imidazole rings is 1. The Morgan fingerprint density at radius 3 is 3.08 bits per heavy atom. The largest absolute Gasteiger partial charge is 0.352 e. The standard InChI is InChI=1S/C18H23N5OS/c1-11-6-5-8-13(12(11)2)19-16(24)10-25-18-22-21-17-20-14-7-3-4-9-15(14)23(17)18/h3-4,7,9,11-13H,5-6,8,10H2,1-2H3,(H,19,24)(H,20,21). The van der Waals surface area contributed by atoms with E-state index in [1.54, 1.807) is 0 Å². The molecule has 0 bridgehead atoms. The molecular formula is C18H23N5OS. The van der Waals surface area contributed by atoms with Gasteiger partial charge in [0.05, 0.1) is 16.8 Å². The molecule has 1 aromatic carbocycles. The number of para-hydroxylation sites is 2. The molecule has 6 nitrogen and oxygen atoms in total. The van der Waals surface area contributed by atoms with Crippen molar-refractivity contribution in [3.63, 3.8) is 0 Å². The van der Waals surface area contributed by atoms with Gasteiger partial charge in [0.2, 0.25) is 11.7 Å². The van der Waals surface area contributed by atoms with Gasteiger partial charge >= 0.3 is 0 Å². The van der Waals surface area contributed by atoms with Crippen molar-refractivity contribution in [2.24, 2.45) is 11.8 Å². The second-order valence-electron chi connectivity index (χ2n) is 7.00. The minimum Gasteiger partial charge on any atom is -0.352 e. The quantitative estimate of drug-likeness (QED) is 0.703. The predicted octanol–water partition coefficient (Wildman–Crippen LogP) is 3.24. The van der Waals surface area contributed by atoms with Crippen LogP contribution in [0.2, 0.25) is 0 Å². The molecule has 0 radical (unpaired) electrons. The lowest BCUT2D eigenvalue weighted by Crippen LogP contribution is -2.44. The molecule has 1 saturated carbocycles. The number of thioether (sulfide) groups is 1. The van der Waals surface area contributed by atoms with Gasteiger partial charge in [-0.15, -0.1) is 5.10 Å². The van der Waals surface area contributed by atoms with Crippen LogP contribution in [-0.4, -0.2) is 37.3 Å². The molecule has 0 spiro atoms. The fraction of sp³-hybridized carbons (Fsp3) is 0.500. The third-order valence-corrected chi connectivity index (χ3v) is 6.33. The summed E-state index contributed by atoms with van der Waals surface area (Å²) in [6.07, 6.45) is 3.55. The summed E-state index contributed by atoms with van der Waals surface area (Å²) in [4.78, 5) is 16.9. The summed E-state index contributed by atoms with van der Waals surface area (Å²) >= 11 is 1.44. The first-order chi connectivity index (χ1) is 12.1. The van der Waals surface area contributed by atoms with Crippen LogP contribution in [0.4, 0.5) is 0 Å². The number of nitrogens with one attached hydrogen (secondary N) is 2. The van der Waals surface area contributed by atoms with E-state index in [9.17, 15) is 4.79 Å². The van der Waals surface area contributed by atoms with Crippen molar-refractivity contribution >= 4 is 34.5 Å². The van der Waals surface area contributed by atoms with Gasteiger partial charge in [-0.25, -0.2) is 10.1 Å². The molecule has 0 aliphatic heterocycles. The molecule has 3 unspecified atom stereocenters. The Morgan fingerprint density at radius 1 is 1.36 bits per heavy atom. The van der Waals surface area contributed by atoms with E-state index >= 15 is 0 Å². The molecule has 4 rings (SSSR count). The molecular weight excluding hydrogens is 334 g/mol. The topological polar surface area (TPSA) is 75.1 Å². The molecule has 132 valence electrons. The van der Waals surface area contributed by atoms with E-state index in [0.717, 1.165) is 22.6 Å². The van der Waals surface area contributed by atoms with Crippen molar-refractivity contribution in [3.8, 4) is 0 Å². The lowest BCUT2D eigenvalue weighted by Gasteiger charge is -2.34. The monoisotopic (exact) mass is 357 g/mol. The predicted molar refractivity (Wildman–Crippen MR) is 99.7 cm³/mol. The molecule has 3 atom stereocenters. The third-order valence-electron chi connectivity index (χ3n) is 5.39. The highest BCUT2D eigenvalue weighted by molar-refractivity contribution is 7.99. The van der Waals surface area contributed by atoms with Crippen molar-refractivity contribution in [3.05, 3.63) is 24.3 Å². The first-order valence-electron chi connectivity index (χ1n) is 8.87. The average Bonchev–Trinajstić information content (AvgIpc) is 3.16. The molecule has 7 heteroatoms. The van der Waals surface area contributed by atoms with Crippen LogP contribution in [0.15, 0.2) is 29.4 Å². The van der Waals surface area contributed by atoms with Gasteiger partial charge in [0.15, 0.2) is 5.16 Å². The smallest absolute Gasteiger partial charge is 0.231 e. The van der Waals surface area contributed by atoms with Gasteiger partial charge in [-0.05, 0) is 30.4 Å². The van der Waals surface area contributed by atoms with Gasteiger partial charge in [0, 0.05) is 6.04 Å². The van der Waals surface area contributed by atoms with Crippen LogP contribution >= 0.6 is 11.8 Å². The molecule has 2 heterocycles. The molecule has 1 aliphatic rings. The first-order valence-corrected chi connectivity index (χ1v) is 9.86. The Kier molecular flexibility index (Phi) is 4.41. The zero-order chi connectivity index (χ0) is 17.4. The Hall–Kier alpha value is -2.02. The zero-order valence-electron chi connectivity index (χ0n) is 14.5. The van der Waals surface area contributed by atoms with Gasteiger partial charge in [0.25, 0.3) is 0 Å². The number of carbonyl (C=O) groups is 1. The van der Waals surface area contributed by atoms with Crippen molar-refractivity contribution in [1.82, 2.24) is 24.9 Å². The van der Waals surface area contributed by atoms with Crippen LogP contribution in [0.3, 0.4) is 0 Å². The molecule has 1 fully saturated rings. The summed E-state index contributed by atoms with van der Waals surface area (Å²) in [7, 11) is 0. The number of fused-ring (bicyclic) bond motifs is 3. The molecule has 0 saturated heterocycles. The lowest BCUT2D eigenvalue weighted by atomic mass is 9.78. The first kappa shape index (κ1) is 16.4. The molecule has 3 aromatic rings. The maximum atomic E-state index is 12.4. The van der Waals surface area contributed by atoms with Crippen LogP contribution in [0, 0.1) is 11.8 Å². The Bertz CT molecular complexity index is 901. The number of amides is 1. The van der Waals surface area contributed by atoms with Crippen LogP contribution in [-0.2, 0) is 4.79 Å². The SMILES string of the molecule is CC1CCCC(NC(=O)CSc2n[nH]c3nc4ccccc4n23)C1C. The van der Waals surface area contributed by atoms with Crippen molar-refractivity contribution < 1.29 is 4.79 Å². The van der Waals surface area contributed by atoms with E-state index in [2.05, 4.69) is 34.3 Å². The van der Waals surface area contributed by atoms with Crippen LogP contribution < -0.4 is 5.32 Å². The summed E-state index contributed by atoms with van der Waals surface area (Å²) in [6, 6.07) is 8.23. The van der Waals surface area contributed by atoms with Gasteiger partial charge in [0.1, 0.15) is 0 Å². The highest BCUT2D eigenvalue weighted by atomic mass is 32.2. The number of aromatic amines is 1. The number of rotatable bonds is 4. The maximum Gasteiger partial charge on any atom is 0.231 e. The summed E-state index contributed by atoms with van der Waals surface area (Å²) in [5.41, 5.74) is 1.93. The fourth-order valence-corrected chi connectivity index (χ4v) is 4.47. The normalized spacial score (nSPS) is 24.0. The van der Waals surface area contributed by atoms with E-state index in [-0.39, 0.29) is 5.91 Å². The van der Waals surface area contributed by atoms with E-state index in [0.29, 0.717) is 29.4 Å². The molecule has 2 aromatic heterocycles. The molecule has 25 heavy (non-hydrogen) atoms. The number of hydrogen-bond acceptors (Lipinski definition) is 4. The van der Waals surface area contributed by atoms with Gasteiger partial charge < -0.3 is 5.32 Å². The molecule has 1 aliphatic carbocycles. The zero-order valence-corrected chi connectivity index (χ0v) is 15.3. The summed E-state index contributed by atoms with van der Waals surface area (Å²) in [6.45, 7) is 4.53. The summed E-state index contributed by atoms with van der Waals surface area (Å²) in [5, 5.41) is 11.2. The second-order valence-corrected chi connectivity index (χ2v) is 7.94. The molecule has 1 amide bonds. The van der Waals surface area contributed by atoms with E-state index in [1.165, 1.54) is 24.6 Å². The molecule has 2 N–H and O–H groups in total. The van der Waals surface area contributed by atoms with Gasteiger partial charge in [-0.2, -0.15) is 0 Å². The van der Waals surface area contributed by atoms with Gasteiger partial charge in [-0.3, -0.25) is 9.20 Å². The van der Waals surface area contributed by atoms with Crippen LogP contribution in [0.25, 0.3) is 16.8 Å². The second kappa shape index (κ2) is 6.71. The number of H-pyrrole nitrogens is 1. The van der Waals surface area contributed by atoms with Crippen LogP contribution in [0.1, 0.15) is 33.1 Å². The van der Waals surface area contributed by atoms with Crippen LogP contribution in [0.5, 0.6) is 0 Å². The Labute approximate surface area is 150 Å².